The fourth-order valence-corrected chi connectivity index (χ4v) is 2.16. The molecule has 0 saturated carbocycles. The summed E-state index contributed by atoms with van der Waals surface area (Å²) in [6.07, 6.45) is 0. The Kier molecular flexibility index (Phi) is 5.46. The second kappa shape index (κ2) is 7.55. The van der Waals surface area contributed by atoms with Crippen molar-refractivity contribution in [2.75, 3.05) is 21.3 Å². The minimum atomic E-state index is 0.728. The highest BCUT2D eigenvalue weighted by Crippen LogP contribution is 2.22. The van der Waals surface area contributed by atoms with Crippen LogP contribution in [0.2, 0.25) is 0 Å². The monoisotopic (exact) mass is 287 g/mol. The Morgan fingerprint density at radius 1 is 0.810 bits per heavy atom. The molecule has 0 aromatic heterocycles. The first-order chi connectivity index (χ1) is 10.3. The van der Waals surface area contributed by atoms with E-state index in [9.17, 15) is 0 Å². The van der Waals surface area contributed by atoms with Crippen molar-refractivity contribution in [3.8, 4) is 17.2 Å². The standard InChI is InChI=1S/C17H21NO3/c1-19-15-8-13(9-16(10-15)20-2)11-18-12-14-6-4-5-7-17(14)21-3/h4-10,18H,11-12H2,1-3H3. The maximum Gasteiger partial charge on any atom is 0.123 e. The summed E-state index contributed by atoms with van der Waals surface area (Å²) in [5.74, 6) is 2.49. The quantitative estimate of drug-likeness (QED) is 0.850. The third-order valence-corrected chi connectivity index (χ3v) is 3.25. The zero-order valence-electron chi connectivity index (χ0n) is 12.7. The summed E-state index contributed by atoms with van der Waals surface area (Å²) >= 11 is 0. The van der Waals surface area contributed by atoms with E-state index in [1.54, 1.807) is 21.3 Å². The molecule has 0 bridgehead atoms. The van der Waals surface area contributed by atoms with Gasteiger partial charge in [0.05, 0.1) is 21.3 Å². The molecule has 0 unspecified atom stereocenters. The zero-order valence-corrected chi connectivity index (χ0v) is 12.7. The molecule has 2 aromatic carbocycles. The smallest absolute Gasteiger partial charge is 0.123 e. The molecule has 0 amide bonds. The van der Waals surface area contributed by atoms with E-state index in [0.29, 0.717) is 0 Å². The van der Waals surface area contributed by atoms with Crippen molar-refractivity contribution in [2.45, 2.75) is 13.1 Å². The number of para-hydroxylation sites is 1. The van der Waals surface area contributed by atoms with Crippen molar-refractivity contribution in [1.82, 2.24) is 5.32 Å². The first kappa shape index (κ1) is 15.2. The average molecular weight is 287 g/mol. The van der Waals surface area contributed by atoms with E-state index in [2.05, 4.69) is 11.4 Å². The second-order valence-electron chi connectivity index (χ2n) is 4.64. The summed E-state index contributed by atoms with van der Waals surface area (Å²) in [7, 11) is 4.99. The fourth-order valence-electron chi connectivity index (χ4n) is 2.16. The van der Waals surface area contributed by atoms with Crippen molar-refractivity contribution >= 4 is 0 Å². The summed E-state index contributed by atoms with van der Waals surface area (Å²) in [5.41, 5.74) is 2.25. The summed E-state index contributed by atoms with van der Waals surface area (Å²) in [4.78, 5) is 0. The van der Waals surface area contributed by atoms with Gasteiger partial charge in [-0.3, -0.25) is 0 Å². The highest BCUT2D eigenvalue weighted by Gasteiger charge is 2.04. The van der Waals surface area contributed by atoms with E-state index in [4.69, 9.17) is 14.2 Å². The Labute approximate surface area is 125 Å². The highest BCUT2D eigenvalue weighted by atomic mass is 16.5. The number of ether oxygens (including phenoxy) is 3. The van der Waals surface area contributed by atoms with Crippen molar-refractivity contribution < 1.29 is 14.2 Å². The van der Waals surface area contributed by atoms with Gasteiger partial charge in [0, 0.05) is 24.7 Å². The Balaban J connectivity index is 2.00. The lowest BCUT2D eigenvalue weighted by molar-refractivity contribution is 0.393. The van der Waals surface area contributed by atoms with Gasteiger partial charge in [-0.1, -0.05) is 18.2 Å². The predicted molar refractivity (Wildman–Crippen MR) is 83.1 cm³/mol. The van der Waals surface area contributed by atoms with Crippen molar-refractivity contribution in [3.05, 3.63) is 53.6 Å². The summed E-state index contributed by atoms with van der Waals surface area (Å²) in [5, 5.41) is 3.40. The van der Waals surface area contributed by atoms with E-state index in [0.717, 1.165) is 41.5 Å². The molecule has 4 nitrogen and oxygen atoms in total. The number of methoxy groups -OCH3 is 3. The molecule has 4 heteroatoms. The maximum atomic E-state index is 5.34. The van der Waals surface area contributed by atoms with E-state index < -0.39 is 0 Å². The molecule has 0 spiro atoms. The van der Waals surface area contributed by atoms with E-state index in [1.165, 1.54) is 0 Å². The molecule has 0 radical (unpaired) electrons. The molecule has 0 aliphatic carbocycles. The molecule has 0 aliphatic rings. The minimum absolute atomic E-state index is 0.728. The molecular formula is C17H21NO3. The van der Waals surface area contributed by atoms with Crippen molar-refractivity contribution in [1.29, 1.82) is 0 Å². The first-order valence-corrected chi connectivity index (χ1v) is 6.81. The molecule has 0 heterocycles. The third kappa shape index (κ3) is 4.13. The lowest BCUT2D eigenvalue weighted by Crippen LogP contribution is -2.13. The molecule has 2 aromatic rings. The number of benzene rings is 2. The van der Waals surface area contributed by atoms with Gasteiger partial charge in [0.15, 0.2) is 0 Å². The topological polar surface area (TPSA) is 39.7 Å². The number of nitrogens with one attached hydrogen (secondary N) is 1. The van der Waals surface area contributed by atoms with Gasteiger partial charge in [0.25, 0.3) is 0 Å². The van der Waals surface area contributed by atoms with E-state index in [1.807, 2.05) is 36.4 Å². The van der Waals surface area contributed by atoms with Gasteiger partial charge < -0.3 is 19.5 Å². The van der Waals surface area contributed by atoms with Crippen LogP contribution in [-0.2, 0) is 13.1 Å². The van der Waals surface area contributed by atoms with Gasteiger partial charge in [-0.05, 0) is 23.8 Å². The van der Waals surface area contributed by atoms with Crippen LogP contribution in [-0.4, -0.2) is 21.3 Å². The number of hydrogen-bond acceptors (Lipinski definition) is 4. The largest absolute Gasteiger partial charge is 0.497 e. The Bertz CT molecular complexity index is 562. The minimum Gasteiger partial charge on any atom is -0.497 e. The van der Waals surface area contributed by atoms with Crippen LogP contribution in [0.5, 0.6) is 17.2 Å². The molecule has 0 atom stereocenters. The molecular weight excluding hydrogens is 266 g/mol. The maximum absolute atomic E-state index is 5.34. The van der Waals surface area contributed by atoms with E-state index in [-0.39, 0.29) is 0 Å². The Morgan fingerprint density at radius 2 is 1.48 bits per heavy atom. The van der Waals surface area contributed by atoms with Crippen LogP contribution in [0.25, 0.3) is 0 Å². The normalized spacial score (nSPS) is 10.2. The molecule has 112 valence electrons. The van der Waals surface area contributed by atoms with E-state index >= 15 is 0 Å². The van der Waals surface area contributed by atoms with Crippen molar-refractivity contribution in [3.63, 3.8) is 0 Å². The predicted octanol–water partition coefficient (Wildman–Crippen LogP) is 3.00. The second-order valence-corrected chi connectivity index (χ2v) is 4.64. The lowest BCUT2D eigenvalue weighted by atomic mass is 10.1. The third-order valence-electron chi connectivity index (χ3n) is 3.25. The van der Waals surface area contributed by atoms with Crippen LogP contribution < -0.4 is 19.5 Å². The number of rotatable bonds is 7. The average Bonchev–Trinajstić information content (AvgIpc) is 2.54. The summed E-state index contributed by atoms with van der Waals surface area (Å²) in [6.45, 7) is 1.47. The van der Waals surface area contributed by atoms with Gasteiger partial charge in [-0.25, -0.2) is 0 Å². The summed E-state index contributed by atoms with van der Waals surface area (Å²) in [6, 6.07) is 13.9. The first-order valence-electron chi connectivity index (χ1n) is 6.81. The van der Waals surface area contributed by atoms with Gasteiger partial charge >= 0.3 is 0 Å². The van der Waals surface area contributed by atoms with Crippen molar-refractivity contribution in [2.24, 2.45) is 0 Å². The van der Waals surface area contributed by atoms with Crippen LogP contribution in [0.1, 0.15) is 11.1 Å². The Morgan fingerprint density at radius 3 is 2.10 bits per heavy atom. The van der Waals surface area contributed by atoms with Gasteiger partial charge in [-0.15, -0.1) is 0 Å². The molecule has 0 aliphatic heterocycles. The molecule has 21 heavy (non-hydrogen) atoms. The summed E-state index contributed by atoms with van der Waals surface area (Å²) < 4.78 is 15.9. The molecule has 1 N–H and O–H groups in total. The Hall–Kier alpha value is -2.20. The van der Waals surface area contributed by atoms with Crippen LogP contribution in [0.15, 0.2) is 42.5 Å². The van der Waals surface area contributed by atoms with Crippen LogP contribution in [0.4, 0.5) is 0 Å². The molecule has 2 rings (SSSR count). The molecule has 0 fully saturated rings. The van der Waals surface area contributed by atoms with Gasteiger partial charge in [-0.2, -0.15) is 0 Å². The SMILES string of the molecule is COc1cc(CNCc2ccccc2OC)cc(OC)c1. The van der Waals surface area contributed by atoms with Gasteiger partial charge in [0.2, 0.25) is 0 Å². The van der Waals surface area contributed by atoms with Crippen LogP contribution in [0.3, 0.4) is 0 Å². The highest BCUT2D eigenvalue weighted by molar-refractivity contribution is 5.38. The molecule has 0 saturated heterocycles. The van der Waals surface area contributed by atoms with Crippen LogP contribution in [0, 0.1) is 0 Å². The zero-order chi connectivity index (χ0) is 15.1. The number of hydrogen-bond donors (Lipinski definition) is 1. The van der Waals surface area contributed by atoms with Gasteiger partial charge in [0.1, 0.15) is 17.2 Å². The lowest BCUT2D eigenvalue weighted by Gasteiger charge is -2.11. The fraction of sp³-hybridized carbons (Fsp3) is 0.294. The van der Waals surface area contributed by atoms with Crippen LogP contribution >= 0.6 is 0 Å².